The molecule has 1 heterocycles. The van der Waals surface area contributed by atoms with E-state index in [1.165, 1.54) is 4.57 Å². The van der Waals surface area contributed by atoms with Gasteiger partial charge in [0.2, 0.25) is 0 Å². The molecule has 25 heavy (non-hydrogen) atoms. The van der Waals surface area contributed by atoms with E-state index in [-0.39, 0.29) is 17.5 Å². The fourth-order valence-corrected chi connectivity index (χ4v) is 3.45. The van der Waals surface area contributed by atoms with Crippen molar-refractivity contribution in [2.24, 2.45) is 7.05 Å². The van der Waals surface area contributed by atoms with E-state index in [1.807, 2.05) is 31.2 Å². The summed E-state index contributed by atoms with van der Waals surface area (Å²) in [6.07, 6.45) is 0. The van der Waals surface area contributed by atoms with Crippen molar-refractivity contribution in [3.05, 3.63) is 73.2 Å². The summed E-state index contributed by atoms with van der Waals surface area (Å²) in [5.41, 5.74) is 1.82. The number of nitrogens with one attached hydrogen (secondary N) is 2. The lowest BCUT2D eigenvalue weighted by Crippen LogP contribution is -2.27. The molecule has 3 rings (SSSR count). The van der Waals surface area contributed by atoms with Gasteiger partial charge in [0.25, 0.3) is 11.5 Å². The molecule has 0 unspecified atom stereocenters. The van der Waals surface area contributed by atoms with Gasteiger partial charge < -0.3 is 10.3 Å². The van der Waals surface area contributed by atoms with E-state index in [9.17, 15) is 9.59 Å². The summed E-state index contributed by atoms with van der Waals surface area (Å²) in [7, 11) is 1.61. The van der Waals surface area contributed by atoms with Crippen molar-refractivity contribution >= 4 is 45.0 Å². The highest BCUT2D eigenvalue weighted by atomic mass is 79.9. The molecular weight excluding hydrogens is 402 g/mol. The van der Waals surface area contributed by atoms with Crippen molar-refractivity contribution < 1.29 is 4.79 Å². The van der Waals surface area contributed by atoms with E-state index in [4.69, 9.17) is 12.2 Å². The first-order valence-corrected chi connectivity index (χ1v) is 8.87. The van der Waals surface area contributed by atoms with Gasteiger partial charge in [-0.2, -0.15) is 0 Å². The van der Waals surface area contributed by atoms with Gasteiger partial charge in [0.1, 0.15) is 0 Å². The standard InChI is InChI=1S/C18H16BrN3O2S/c1-10(12-5-3-4-6-14(12)19)20-16(23)11-7-8-13-15(9-11)21-18(25)22(2)17(13)24/h3-10H,1-2H3,(H,20,23)(H,21,25)/t10-/m1/s1. The first-order chi connectivity index (χ1) is 11.9. The summed E-state index contributed by atoms with van der Waals surface area (Å²) in [6, 6.07) is 12.5. The van der Waals surface area contributed by atoms with Gasteiger partial charge >= 0.3 is 0 Å². The Kier molecular flexibility index (Phi) is 4.87. The highest BCUT2D eigenvalue weighted by Crippen LogP contribution is 2.23. The van der Waals surface area contributed by atoms with Gasteiger partial charge in [-0.25, -0.2) is 0 Å². The number of carbonyl (C=O) groups excluding carboxylic acids is 1. The molecule has 0 fully saturated rings. The molecule has 3 aromatic rings. The lowest BCUT2D eigenvalue weighted by molar-refractivity contribution is 0.0940. The van der Waals surface area contributed by atoms with Crippen LogP contribution in [0, 0.1) is 4.77 Å². The number of nitrogens with zero attached hydrogens (tertiary/aromatic N) is 1. The quantitative estimate of drug-likeness (QED) is 0.635. The van der Waals surface area contributed by atoms with Crippen molar-refractivity contribution in [1.82, 2.24) is 14.9 Å². The number of rotatable bonds is 3. The highest BCUT2D eigenvalue weighted by molar-refractivity contribution is 9.10. The lowest BCUT2D eigenvalue weighted by atomic mass is 10.1. The van der Waals surface area contributed by atoms with E-state index in [2.05, 4.69) is 26.2 Å². The molecule has 7 heteroatoms. The number of fused-ring (bicyclic) bond motifs is 1. The van der Waals surface area contributed by atoms with E-state index in [1.54, 1.807) is 25.2 Å². The zero-order valence-corrected chi connectivity index (χ0v) is 16.1. The average molecular weight is 418 g/mol. The molecule has 0 aliphatic carbocycles. The van der Waals surface area contributed by atoms with Gasteiger partial charge in [-0.05, 0) is 49.0 Å². The maximum Gasteiger partial charge on any atom is 0.261 e. The monoisotopic (exact) mass is 417 g/mol. The molecule has 0 spiro atoms. The Morgan fingerprint density at radius 2 is 2.00 bits per heavy atom. The van der Waals surface area contributed by atoms with Crippen LogP contribution >= 0.6 is 28.1 Å². The van der Waals surface area contributed by atoms with Crippen LogP contribution in [0.4, 0.5) is 0 Å². The average Bonchev–Trinajstić information content (AvgIpc) is 2.59. The molecule has 0 bridgehead atoms. The Bertz CT molecular complexity index is 1090. The second kappa shape index (κ2) is 6.93. The van der Waals surface area contributed by atoms with Crippen LogP contribution in [0.2, 0.25) is 0 Å². The number of aromatic amines is 1. The van der Waals surface area contributed by atoms with Gasteiger partial charge in [0, 0.05) is 17.1 Å². The zero-order valence-electron chi connectivity index (χ0n) is 13.7. The van der Waals surface area contributed by atoms with Crippen LogP contribution in [0.3, 0.4) is 0 Å². The second-order valence-electron chi connectivity index (χ2n) is 5.77. The normalized spacial score (nSPS) is 12.1. The maximum absolute atomic E-state index is 12.6. The molecule has 0 saturated heterocycles. The minimum atomic E-state index is -0.217. The number of H-pyrrole nitrogens is 1. The van der Waals surface area contributed by atoms with Crippen molar-refractivity contribution in [1.29, 1.82) is 0 Å². The van der Waals surface area contributed by atoms with Crippen molar-refractivity contribution in [2.45, 2.75) is 13.0 Å². The van der Waals surface area contributed by atoms with Gasteiger partial charge in [-0.3, -0.25) is 14.2 Å². The second-order valence-corrected chi connectivity index (χ2v) is 7.01. The maximum atomic E-state index is 12.6. The number of aromatic nitrogens is 2. The van der Waals surface area contributed by atoms with Crippen LogP contribution in [0.25, 0.3) is 10.9 Å². The molecule has 0 radical (unpaired) electrons. The number of hydrogen-bond donors (Lipinski definition) is 2. The Morgan fingerprint density at radius 3 is 2.72 bits per heavy atom. The zero-order chi connectivity index (χ0) is 18.1. The SMILES string of the molecule is C[C@@H](NC(=O)c1ccc2c(=O)n(C)c(=S)[nH]c2c1)c1ccccc1Br. The van der Waals surface area contributed by atoms with E-state index in [0.29, 0.717) is 21.2 Å². The Labute approximate surface area is 157 Å². The molecule has 1 amide bonds. The predicted octanol–water partition coefficient (Wildman–Crippen LogP) is 3.85. The Morgan fingerprint density at radius 1 is 1.28 bits per heavy atom. The smallest absolute Gasteiger partial charge is 0.261 e. The summed E-state index contributed by atoms with van der Waals surface area (Å²) in [6.45, 7) is 1.92. The topological polar surface area (TPSA) is 66.9 Å². The van der Waals surface area contributed by atoms with Gasteiger partial charge in [0.05, 0.1) is 16.9 Å². The molecular formula is C18H16BrN3O2S. The van der Waals surface area contributed by atoms with Gasteiger partial charge in [-0.1, -0.05) is 34.1 Å². The summed E-state index contributed by atoms with van der Waals surface area (Å²) in [5, 5.41) is 3.46. The highest BCUT2D eigenvalue weighted by Gasteiger charge is 2.14. The first-order valence-electron chi connectivity index (χ1n) is 7.67. The van der Waals surface area contributed by atoms with Gasteiger partial charge in [-0.15, -0.1) is 0 Å². The van der Waals surface area contributed by atoms with Crippen molar-refractivity contribution in [2.75, 3.05) is 0 Å². The summed E-state index contributed by atoms with van der Waals surface area (Å²) in [4.78, 5) is 27.8. The third-order valence-corrected chi connectivity index (χ3v) is 5.18. The van der Waals surface area contributed by atoms with Crippen LogP contribution in [0.5, 0.6) is 0 Å². The third kappa shape index (κ3) is 3.43. The summed E-state index contributed by atoms with van der Waals surface area (Å²) in [5.74, 6) is -0.217. The molecule has 0 aliphatic rings. The van der Waals surface area contributed by atoms with E-state index in [0.717, 1.165) is 10.0 Å². The molecule has 0 aliphatic heterocycles. The van der Waals surface area contributed by atoms with Gasteiger partial charge in [0.15, 0.2) is 4.77 Å². The number of carbonyl (C=O) groups is 1. The van der Waals surface area contributed by atoms with Crippen LogP contribution in [-0.4, -0.2) is 15.5 Å². The number of benzene rings is 2. The Hall–Kier alpha value is -2.25. The Balaban J connectivity index is 1.93. The van der Waals surface area contributed by atoms with Crippen LogP contribution in [0.15, 0.2) is 51.7 Å². The molecule has 1 aromatic heterocycles. The van der Waals surface area contributed by atoms with E-state index < -0.39 is 0 Å². The fourth-order valence-electron chi connectivity index (χ4n) is 2.63. The number of halogens is 1. The minimum Gasteiger partial charge on any atom is -0.345 e. The molecule has 128 valence electrons. The summed E-state index contributed by atoms with van der Waals surface area (Å²) < 4.78 is 2.62. The molecule has 2 aromatic carbocycles. The van der Waals surface area contributed by atoms with Crippen molar-refractivity contribution in [3.8, 4) is 0 Å². The predicted molar refractivity (Wildman–Crippen MR) is 104 cm³/mol. The molecule has 1 atom stereocenters. The molecule has 5 nitrogen and oxygen atoms in total. The van der Waals surface area contributed by atoms with E-state index >= 15 is 0 Å². The minimum absolute atomic E-state index is 0.166. The lowest BCUT2D eigenvalue weighted by Gasteiger charge is -2.16. The fraction of sp³-hybridized carbons (Fsp3) is 0.167. The molecule has 2 N–H and O–H groups in total. The third-order valence-electron chi connectivity index (χ3n) is 4.08. The van der Waals surface area contributed by atoms with Crippen molar-refractivity contribution in [3.63, 3.8) is 0 Å². The summed E-state index contributed by atoms with van der Waals surface area (Å²) >= 11 is 8.62. The molecule has 0 saturated carbocycles. The largest absolute Gasteiger partial charge is 0.345 e. The van der Waals surface area contributed by atoms with Crippen LogP contribution in [0.1, 0.15) is 28.9 Å². The number of hydrogen-bond acceptors (Lipinski definition) is 3. The number of amides is 1. The van der Waals surface area contributed by atoms with Crippen LogP contribution < -0.4 is 10.9 Å². The first kappa shape index (κ1) is 17.6. The van der Waals surface area contributed by atoms with Crippen LogP contribution in [-0.2, 0) is 7.05 Å².